The van der Waals surface area contributed by atoms with Crippen LogP contribution >= 0.6 is 15.9 Å². The van der Waals surface area contributed by atoms with Crippen LogP contribution in [0.3, 0.4) is 0 Å². The number of carbonyl (C=O) groups excluding carboxylic acids is 2. The van der Waals surface area contributed by atoms with E-state index < -0.39 is 16.7 Å². The molecule has 2 amide bonds. The van der Waals surface area contributed by atoms with Crippen molar-refractivity contribution < 1.29 is 18.9 Å². The fraction of sp³-hybridized carbons (Fsp3) is 0.0952. The summed E-state index contributed by atoms with van der Waals surface area (Å²) in [6.07, 6.45) is 0. The molecule has 3 rings (SSSR count). The molecular weight excluding hydrogens is 468 g/mol. The maximum absolute atomic E-state index is 12.3. The monoisotopic (exact) mass is 484 g/mol. The lowest BCUT2D eigenvalue weighted by Gasteiger charge is -2.07. The molecule has 0 atom stereocenters. The molecule has 10 heteroatoms. The number of nitro groups is 1. The van der Waals surface area contributed by atoms with Gasteiger partial charge in [0.1, 0.15) is 0 Å². The number of rotatable bonds is 6. The predicted octanol–water partition coefficient (Wildman–Crippen LogP) is 4.67. The van der Waals surface area contributed by atoms with Gasteiger partial charge in [0.15, 0.2) is 10.4 Å². The zero-order valence-corrected chi connectivity index (χ0v) is 18.1. The number of nitrogens with one attached hydrogen (secondary N) is 2. The molecule has 3 aromatic rings. The topological polar surface area (TPSA) is 127 Å². The molecule has 0 aliphatic carbocycles. The lowest BCUT2D eigenvalue weighted by atomic mass is 10.1. The summed E-state index contributed by atoms with van der Waals surface area (Å²) in [6.45, 7) is 3.28. The Morgan fingerprint density at radius 1 is 1.06 bits per heavy atom. The third kappa shape index (κ3) is 5.43. The van der Waals surface area contributed by atoms with Crippen LogP contribution in [0.1, 0.15) is 39.0 Å². The van der Waals surface area contributed by atoms with Crippen molar-refractivity contribution >= 4 is 44.8 Å². The van der Waals surface area contributed by atoms with Crippen LogP contribution < -0.4 is 10.7 Å². The summed E-state index contributed by atoms with van der Waals surface area (Å²) < 4.78 is 5.67. The molecule has 0 unspecified atom stereocenters. The summed E-state index contributed by atoms with van der Waals surface area (Å²) in [5.74, 6) is -0.830. The molecule has 0 aliphatic rings. The van der Waals surface area contributed by atoms with Crippen molar-refractivity contribution in [3.63, 3.8) is 0 Å². The number of halogens is 1. The Morgan fingerprint density at radius 3 is 2.52 bits per heavy atom. The Labute approximate surface area is 185 Å². The van der Waals surface area contributed by atoms with E-state index in [0.29, 0.717) is 27.2 Å². The number of aryl methyl sites for hydroxylation is 1. The van der Waals surface area contributed by atoms with Gasteiger partial charge >= 0.3 is 0 Å². The number of hydrogen-bond acceptors (Lipinski definition) is 6. The normalized spacial score (nSPS) is 11.1. The lowest BCUT2D eigenvalue weighted by Crippen LogP contribution is -2.19. The fourth-order valence-corrected chi connectivity index (χ4v) is 2.97. The van der Waals surface area contributed by atoms with Gasteiger partial charge in [0, 0.05) is 22.9 Å². The largest absolute Gasteiger partial charge is 0.444 e. The van der Waals surface area contributed by atoms with E-state index in [0.717, 1.165) is 0 Å². The number of nitrogens with zero attached hydrogens (tertiary/aromatic N) is 2. The smallest absolute Gasteiger partial charge is 0.291 e. The Bertz CT molecular complexity index is 1200. The van der Waals surface area contributed by atoms with E-state index in [2.05, 4.69) is 31.8 Å². The van der Waals surface area contributed by atoms with Crippen molar-refractivity contribution in [3.8, 4) is 0 Å². The molecule has 2 N–H and O–H groups in total. The number of carbonyl (C=O) groups is 2. The first-order chi connectivity index (χ1) is 14.7. The highest BCUT2D eigenvalue weighted by Gasteiger charge is 2.15. The van der Waals surface area contributed by atoms with Gasteiger partial charge in [-0.15, -0.1) is 0 Å². The first-order valence-electron chi connectivity index (χ1n) is 9.01. The van der Waals surface area contributed by atoms with Gasteiger partial charge in [0.25, 0.3) is 17.5 Å². The van der Waals surface area contributed by atoms with Crippen molar-refractivity contribution in [2.75, 3.05) is 5.32 Å². The number of benzene rings is 2. The first-order valence-corrected chi connectivity index (χ1v) is 9.80. The fourth-order valence-electron chi connectivity index (χ4n) is 2.66. The molecule has 0 aliphatic heterocycles. The molecule has 158 valence electrons. The summed E-state index contributed by atoms with van der Waals surface area (Å²) in [6, 6.07) is 14.3. The Balaban J connectivity index is 1.71. The van der Waals surface area contributed by atoms with Crippen molar-refractivity contribution in [1.29, 1.82) is 0 Å². The molecule has 1 heterocycles. The molecule has 1 aromatic heterocycles. The van der Waals surface area contributed by atoms with Crippen LogP contribution in [0.5, 0.6) is 0 Å². The number of anilines is 1. The second kappa shape index (κ2) is 9.35. The minimum Gasteiger partial charge on any atom is -0.444 e. The van der Waals surface area contributed by atoms with Crippen LogP contribution in [0.15, 0.2) is 68.8 Å². The minimum atomic E-state index is -0.574. The van der Waals surface area contributed by atoms with Gasteiger partial charge in [-0.2, -0.15) is 5.10 Å². The van der Waals surface area contributed by atoms with Crippen molar-refractivity contribution in [3.05, 3.63) is 91.8 Å². The highest BCUT2D eigenvalue weighted by molar-refractivity contribution is 9.10. The SMILES string of the molecule is C/C(=N\NC(=O)c1ccc(C)c([N+](=O)[O-])c1)c1cccc(NC(=O)c2ccc(Br)o2)c1. The summed E-state index contributed by atoms with van der Waals surface area (Å²) in [7, 11) is 0. The second-order valence-corrected chi connectivity index (χ2v) is 7.32. The van der Waals surface area contributed by atoms with E-state index in [9.17, 15) is 19.7 Å². The zero-order valence-electron chi connectivity index (χ0n) is 16.5. The minimum absolute atomic E-state index is 0.125. The lowest BCUT2D eigenvalue weighted by molar-refractivity contribution is -0.385. The molecule has 31 heavy (non-hydrogen) atoms. The van der Waals surface area contributed by atoms with Gasteiger partial charge in [0.2, 0.25) is 0 Å². The van der Waals surface area contributed by atoms with Crippen LogP contribution in [-0.4, -0.2) is 22.4 Å². The van der Waals surface area contributed by atoms with E-state index in [1.165, 1.54) is 18.2 Å². The molecule has 0 spiro atoms. The summed E-state index contributed by atoms with van der Waals surface area (Å²) in [4.78, 5) is 35.1. The van der Waals surface area contributed by atoms with Crippen LogP contribution in [0, 0.1) is 17.0 Å². The predicted molar refractivity (Wildman–Crippen MR) is 118 cm³/mol. The molecule has 0 radical (unpaired) electrons. The molecule has 0 fully saturated rings. The average Bonchev–Trinajstić information content (AvgIpc) is 3.18. The van der Waals surface area contributed by atoms with Gasteiger partial charge in [-0.25, -0.2) is 5.43 Å². The third-order valence-electron chi connectivity index (χ3n) is 4.33. The van der Waals surface area contributed by atoms with E-state index in [1.807, 2.05) is 0 Å². The maximum Gasteiger partial charge on any atom is 0.291 e. The Kier molecular flexibility index (Phi) is 6.61. The molecule has 0 bridgehead atoms. The van der Waals surface area contributed by atoms with Crippen molar-refractivity contribution in [2.24, 2.45) is 5.10 Å². The average molecular weight is 485 g/mol. The van der Waals surface area contributed by atoms with Gasteiger partial charge in [-0.05, 0) is 65.7 Å². The Morgan fingerprint density at radius 2 is 1.84 bits per heavy atom. The number of furan rings is 1. The highest BCUT2D eigenvalue weighted by atomic mass is 79.9. The Hall–Kier alpha value is -3.79. The van der Waals surface area contributed by atoms with Crippen LogP contribution in [0.2, 0.25) is 0 Å². The van der Waals surface area contributed by atoms with Crippen LogP contribution in [-0.2, 0) is 0 Å². The van der Waals surface area contributed by atoms with E-state index in [1.54, 1.807) is 50.2 Å². The van der Waals surface area contributed by atoms with Crippen molar-refractivity contribution in [2.45, 2.75) is 13.8 Å². The summed E-state index contributed by atoms with van der Waals surface area (Å²) in [5, 5.41) is 17.8. The zero-order chi connectivity index (χ0) is 22.5. The molecule has 0 saturated carbocycles. The maximum atomic E-state index is 12.3. The number of hydrazone groups is 1. The molecule has 2 aromatic carbocycles. The second-order valence-electron chi connectivity index (χ2n) is 6.54. The number of nitro benzene ring substituents is 1. The van der Waals surface area contributed by atoms with E-state index in [-0.39, 0.29) is 17.0 Å². The van der Waals surface area contributed by atoms with Crippen LogP contribution in [0.4, 0.5) is 11.4 Å². The van der Waals surface area contributed by atoms with Gasteiger partial charge in [-0.3, -0.25) is 19.7 Å². The van der Waals surface area contributed by atoms with E-state index >= 15 is 0 Å². The molecular formula is C21H17BrN4O5. The highest BCUT2D eigenvalue weighted by Crippen LogP contribution is 2.20. The van der Waals surface area contributed by atoms with Gasteiger partial charge in [-0.1, -0.05) is 18.2 Å². The summed E-state index contributed by atoms with van der Waals surface area (Å²) >= 11 is 3.15. The number of amides is 2. The third-order valence-corrected chi connectivity index (χ3v) is 4.75. The summed E-state index contributed by atoms with van der Waals surface area (Å²) in [5.41, 5.74) is 4.49. The number of hydrogen-bond donors (Lipinski definition) is 2. The molecule has 9 nitrogen and oxygen atoms in total. The molecule has 0 saturated heterocycles. The first kappa shape index (κ1) is 21.9. The van der Waals surface area contributed by atoms with Gasteiger partial charge in [0.05, 0.1) is 10.6 Å². The van der Waals surface area contributed by atoms with E-state index in [4.69, 9.17) is 4.42 Å². The quantitative estimate of drug-likeness (QED) is 0.298. The van der Waals surface area contributed by atoms with Crippen LogP contribution in [0.25, 0.3) is 0 Å². The van der Waals surface area contributed by atoms with Crippen molar-refractivity contribution in [1.82, 2.24) is 5.43 Å². The van der Waals surface area contributed by atoms with Gasteiger partial charge < -0.3 is 9.73 Å². The standard InChI is InChI=1S/C21H17BrN4O5/c1-12-6-7-15(11-17(12)26(29)30)20(27)25-24-13(2)14-4-3-5-16(10-14)23-21(28)18-8-9-19(22)31-18/h3-11H,1-2H3,(H,23,28)(H,25,27)/b24-13+.